The molecule has 3 rings (SSSR count). The van der Waals surface area contributed by atoms with Crippen LogP contribution in [0.1, 0.15) is 48.7 Å². The van der Waals surface area contributed by atoms with E-state index in [1.54, 1.807) is 19.3 Å². The van der Waals surface area contributed by atoms with Gasteiger partial charge in [0, 0.05) is 23.1 Å². The first kappa shape index (κ1) is 33.3. The van der Waals surface area contributed by atoms with Crippen molar-refractivity contribution in [1.82, 2.24) is 10.5 Å². The summed E-state index contributed by atoms with van der Waals surface area (Å²) in [6.45, 7) is 4.71. The van der Waals surface area contributed by atoms with Crippen LogP contribution in [-0.4, -0.2) is 27.7 Å². The van der Waals surface area contributed by atoms with Gasteiger partial charge in [0.05, 0.1) is 12.1 Å². The normalized spacial score (nSPS) is 10.5. The molecule has 0 aliphatic carbocycles. The molecule has 0 atom stereocenters. The Morgan fingerprint density at radius 1 is 0.846 bits per heavy atom. The number of halogens is 6. The van der Waals surface area contributed by atoms with Gasteiger partial charge in [-0.1, -0.05) is 51.1 Å². The summed E-state index contributed by atoms with van der Waals surface area (Å²) >= 11 is 0. The third-order valence-electron chi connectivity index (χ3n) is 5.46. The fourth-order valence-electron chi connectivity index (χ4n) is 2.79. The van der Waals surface area contributed by atoms with E-state index < -0.39 is 46.2 Å². The largest absolute Gasteiger partial charge is 0.316 e. The molecule has 0 aliphatic heterocycles. The second kappa shape index (κ2) is 15.6. The Bertz CT molecular complexity index is 1260. The van der Waals surface area contributed by atoms with Crippen LogP contribution in [0, 0.1) is 40.3 Å². The van der Waals surface area contributed by atoms with Crippen molar-refractivity contribution >= 4 is 12.2 Å². The molecule has 6 nitrogen and oxygen atoms in total. The lowest BCUT2D eigenvalue weighted by Gasteiger charge is -2.26. The highest BCUT2D eigenvalue weighted by Crippen LogP contribution is 2.24. The van der Waals surface area contributed by atoms with E-state index in [-0.39, 0.29) is 36.1 Å². The number of carbonyl (C=O) groups is 2. The van der Waals surface area contributed by atoms with Crippen molar-refractivity contribution in [3.63, 3.8) is 0 Å². The zero-order valence-corrected chi connectivity index (χ0v) is 21.3. The number of hydrogen-bond donors (Lipinski definition) is 3. The summed E-state index contributed by atoms with van der Waals surface area (Å²) in [6.07, 6.45) is 0.812. The van der Waals surface area contributed by atoms with Gasteiger partial charge in [-0.05, 0) is 30.7 Å². The number of carbonyl (C=O) groups excluding carboxylic acids is 2. The number of hydrogen-bond acceptors (Lipinski definition) is 5. The fourth-order valence-corrected chi connectivity index (χ4v) is 2.79. The lowest BCUT2D eigenvalue weighted by molar-refractivity contribution is -0.178. The maximum atomic E-state index is 13.4. The molecule has 3 N–H and O–H groups in total. The molecule has 0 bridgehead atoms. The molecule has 39 heavy (non-hydrogen) atoms. The minimum absolute atomic E-state index is 0.0576. The Balaban J connectivity index is 0.000000311. The van der Waals surface area contributed by atoms with Crippen LogP contribution in [0.25, 0.3) is 0 Å². The van der Waals surface area contributed by atoms with E-state index in [4.69, 9.17) is 5.21 Å². The molecule has 212 valence electrons. The Morgan fingerprint density at radius 3 is 1.77 bits per heavy atom. The second-order valence-electron chi connectivity index (χ2n) is 8.62. The van der Waals surface area contributed by atoms with Crippen LogP contribution in [0.15, 0.2) is 54.6 Å². The SMILES string of the molecule is CCC(C)(C)C(=O)N(O)Cc1cccc(F)c1F.O=Cc1cccc(F)c1F.ONCc1cccc(F)c1F. The van der Waals surface area contributed by atoms with Crippen LogP contribution in [0.4, 0.5) is 26.3 Å². The van der Waals surface area contributed by atoms with Crippen molar-refractivity contribution in [2.45, 2.75) is 40.3 Å². The molecule has 12 heteroatoms. The van der Waals surface area contributed by atoms with E-state index in [1.807, 2.05) is 6.92 Å². The Kier molecular flexibility index (Phi) is 13.3. The number of nitrogens with one attached hydrogen (secondary N) is 1. The molecule has 0 spiro atoms. The molecule has 0 saturated heterocycles. The monoisotopic (exact) mass is 558 g/mol. The van der Waals surface area contributed by atoms with E-state index in [2.05, 4.69) is 0 Å². The van der Waals surface area contributed by atoms with E-state index in [9.17, 15) is 41.1 Å². The van der Waals surface area contributed by atoms with Crippen molar-refractivity contribution in [2.75, 3.05) is 0 Å². The van der Waals surface area contributed by atoms with Gasteiger partial charge in [0.1, 0.15) is 0 Å². The predicted molar refractivity (Wildman–Crippen MR) is 129 cm³/mol. The fraction of sp³-hybridized carbons (Fsp3) is 0.259. The van der Waals surface area contributed by atoms with Crippen LogP contribution >= 0.6 is 0 Å². The summed E-state index contributed by atoms with van der Waals surface area (Å²) in [5.74, 6) is -6.47. The molecule has 0 unspecified atom stereocenters. The zero-order chi connectivity index (χ0) is 29.8. The summed E-state index contributed by atoms with van der Waals surface area (Å²) in [7, 11) is 0. The van der Waals surface area contributed by atoms with E-state index in [1.165, 1.54) is 36.4 Å². The molecular weight excluding hydrogens is 530 g/mol. The minimum Gasteiger partial charge on any atom is -0.316 e. The quantitative estimate of drug-likeness (QED) is 0.136. The van der Waals surface area contributed by atoms with Crippen LogP contribution in [0.2, 0.25) is 0 Å². The minimum atomic E-state index is -1.09. The number of aldehydes is 1. The number of rotatable bonds is 7. The molecule has 0 aliphatic rings. The number of hydroxylamine groups is 3. The highest BCUT2D eigenvalue weighted by molar-refractivity contribution is 5.80. The molecule has 0 heterocycles. The first-order valence-corrected chi connectivity index (χ1v) is 11.4. The van der Waals surface area contributed by atoms with Gasteiger partial charge in [-0.2, -0.15) is 0 Å². The highest BCUT2D eigenvalue weighted by Gasteiger charge is 2.30. The van der Waals surface area contributed by atoms with Crippen molar-refractivity contribution in [3.8, 4) is 0 Å². The topological polar surface area (TPSA) is 89.9 Å². The summed E-state index contributed by atoms with van der Waals surface area (Å²) in [5.41, 5.74) is 0.804. The molecule has 3 aromatic rings. The summed E-state index contributed by atoms with van der Waals surface area (Å²) in [6, 6.07) is 10.9. The summed E-state index contributed by atoms with van der Waals surface area (Å²) in [4.78, 5) is 21.8. The summed E-state index contributed by atoms with van der Waals surface area (Å²) in [5, 5.41) is 18.3. The van der Waals surface area contributed by atoms with Crippen LogP contribution in [0.3, 0.4) is 0 Å². The Labute approximate surface area is 221 Å². The molecule has 1 amide bonds. The number of nitrogens with zero attached hydrogens (tertiary/aromatic N) is 1. The van der Waals surface area contributed by atoms with Gasteiger partial charge < -0.3 is 5.21 Å². The lowest BCUT2D eigenvalue weighted by atomic mass is 9.89. The Hall–Kier alpha value is -3.74. The number of amides is 1. The molecule has 0 fully saturated rings. The smallest absolute Gasteiger partial charge is 0.251 e. The van der Waals surface area contributed by atoms with Crippen molar-refractivity contribution in [2.24, 2.45) is 5.41 Å². The van der Waals surface area contributed by atoms with Gasteiger partial charge in [0.2, 0.25) is 0 Å². The predicted octanol–water partition coefficient (Wildman–Crippen LogP) is 6.34. The number of benzene rings is 3. The van der Waals surface area contributed by atoms with Crippen LogP contribution in [-0.2, 0) is 17.9 Å². The summed E-state index contributed by atoms with van der Waals surface area (Å²) < 4.78 is 76.1. The van der Waals surface area contributed by atoms with Crippen molar-refractivity contribution in [3.05, 3.63) is 106 Å². The van der Waals surface area contributed by atoms with Gasteiger partial charge in [-0.3, -0.25) is 14.8 Å². The molecule has 0 saturated carbocycles. The van der Waals surface area contributed by atoms with Gasteiger partial charge in [-0.25, -0.2) is 36.9 Å². The molecule has 0 radical (unpaired) electrons. The van der Waals surface area contributed by atoms with Gasteiger partial charge in [0.25, 0.3) is 5.91 Å². The van der Waals surface area contributed by atoms with Gasteiger partial charge in [-0.15, -0.1) is 0 Å². The van der Waals surface area contributed by atoms with Crippen LogP contribution < -0.4 is 5.48 Å². The molecule has 0 aromatic heterocycles. The molecule has 3 aromatic carbocycles. The van der Waals surface area contributed by atoms with Gasteiger partial charge >= 0.3 is 0 Å². The first-order valence-electron chi connectivity index (χ1n) is 11.4. The maximum absolute atomic E-state index is 13.4. The maximum Gasteiger partial charge on any atom is 0.251 e. The van der Waals surface area contributed by atoms with Crippen LogP contribution in [0.5, 0.6) is 0 Å². The highest BCUT2D eigenvalue weighted by atomic mass is 19.2. The van der Waals surface area contributed by atoms with Crippen molar-refractivity contribution < 1.29 is 46.3 Å². The average Bonchev–Trinajstić information content (AvgIpc) is 2.91. The van der Waals surface area contributed by atoms with Gasteiger partial charge in [0.15, 0.2) is 41.2 Å². The third-order valence-corrected chi connectivity index (χ3v) is 5.46. The average molecular weight is 559 g/mol. The lowest BCUT2D eigenvalue weighted by Crippen LogP contribution is -2.38. The van der Waals surface area contributed by atoms with E-state index >= 15 is 0 Å². The molecular formula is C27H28F6N2O4. The third kappa shape index (κ3) is 9.82. The standard InChI is InChI=1S/C13H17F2NO2.C7H7F2NO.C7H4F2O/c1-4-13(2,3)12(17)16(18)8-9-6-5-7-10(14)11(9)15;8-6-3-1-2-5(4-10-11)7(6)9;8-6-3-1-2-5(4-10)7(6)9/h5-7,18H,4,8H2,1-3H3;1-3,10-11H,4H2;1-4H. The van der Waals surface area contributed by atoms with E-state index in [0.717, 1.165) is 18.2 Å². The second-order valence-corrected chi connectivity index (χ2v) is 8.62. The van der Waals surface area contributed by atoms with Crippen molar-refractivity contribution in [1.29, 1.82) is 0 Å². The van der Waals surface area contributed by atoms with E-state index in [0.29, 0.717) is 11.5 Å². The Morgan fingerprint density at radius 2 is 1.31 bits per heavy atom. The first-order chi connectivity index (χ1) is 18.3. The zero-order valence-electron chi connectivity index (χ0n) is 21.3.